The highest BCUT2D eigenvalue weighted by molar-refractivity contribution is 5.85. The average molecular weight is 332 g/mol. The lowest BCUT2D eigenvalue weighted by molar-refractivity contribution is -0.123. The molecule has 0 bridgehead atoms. The first kappa shape index (κ1) is 17.3. The first-order valence-electron chi connectivity index (χ1n) is 7.24. The van der Waals surface area contributed by atoms with Crippen molar-refractivity contribution in [3.05, 3.63) is 53.8 Å². The van der Waals surface area contributed by atoms with Gasteiger partial charge in [0.05, 0.1) is 12.8 Å². The van der Waals surface area contributed by atoms with Crippen LogP contribution >= 0.6 is 0 Å². The number of aromatic hydroxyl groups is 1. The standard InChI is InChI=1S/C17H17FN2O4/c1-2-23-15-7-6-12(16(21)9-15)10-19-20-17(22)11-24-14-5-3-4-13(18)8-14/h3-10,21H,2,11H2,1H3,(H,20,22)/b19-10+. The fourth-order valence-corrected chi connectivity index (χ4v) is 1.80. The SMILES string of the molecule is CCOc1ccc(/C=N/NC(=O)COc2cccc(F)c2)c(O)c1. The number of hydrazone groups is 1. The number of carbonyl (C=O) groups is 1. The molecule has 0 unspecified atom stereocenters. The number of phenols is 1. The molecule has 0 aromatic heterocycles. The molecule has 2 aromatic rings. The molecule has 0 aliphatic carbocycles. The third-order valence-corrected chi connectivity index (χ3v) is 2.87. The molecule has 0 atom stereocenters. The number of hydrogen-bond donors (Lipinski definition) is 2. The lowest BCUT2D eigenvalue weighted by Gasteiger charge is -2.06. The summed E-state index contributed by atoms with van der Waals surface area (Å²) in [6.07, 6.45) is 1.30. The molecule has 2 aromatic carbocycles. The summed E-state index contributed by atoms with van der Waals surface area (Å²) >= 11 is 0. The quantitative estimate of drug-likeness (QED) is 0.603. The van der Waals surface area contributed by atoms with Crippen LogP contribution < -0.4 is 14.9 Å². The van der Waals surface area contributed by atoms with E-state index in [0.29, 0.717) is 17.9 Å². The Morgan fingerprint density at radius 1 is 1.25 bits per heavy atom. The highest BCUT2D eigenvalue weighted by Gasteiger charge is 2.04. The molecule has 0 aliphatic heterocycles. The van der Waals surface area contributed by atoms with Gasteiger partial charge in [0.25, 0.3) is 5.91 Å². The van der Waals surface area contributed by atoms with E-state index in [0.717, 1.165) is 0 Å². The number of amides is 1. The molecule has 0 saturated carbocycles. The van der Waals surface area contributed by atoms with Crippen LogP contribution in [0.2, 0.25) is 0 Å². The number of benzene rings is 2. The zero-order chi connectivity index (χ0) is 17.4. The smallest absolute Gasteiger partial charge is 0.277 e. The van der Waals surface area contributed by atoms with Crippen molar-refractivity contribution in [1.82, 2.24) is 5.43 Å². The summed E-state index contributed by atoms with van der Waals surface area (Å²) < 4.78 is 23.3. The van der Waals surface area contributed by atoms with E-state index in [1.807, 2.05) is 6.92 Å². The van der Waals surface area contributed by atoms with Crippen LogP contribution in [-0.2, 0) is 4.79 Å². The molecule has 7 heteroatoms. The van der Waals surface area contributed by atoms with Crippen LogP contribution in [0, 0.1) is 5.82 Å². The second-order valence-corrected chi connectivity index (χ2v) is 4.69. The van der Waals surface area contributed by atoms with Gasteiger partial charge in [0.2, 0.25) is 0 Å². The molecule has 2 rings (SSSR count). The van der Waals surface area contributed by atoms with Gasteiger partial charge in [-0.15, -0.1) is 0 Å². The maximum atomic E-state index is 13.0. The number of phenolic OH excluding ortho intramolecular Hbond substituents is 1. The molecule has 0 radical (unpaired) electrons. The van der Waals surface area contributed by atoms with E-state index in [9.17, 15) is 14.3 Å². The largest absolute Gasteiger partial charge is 0.507 e. The van der Waals surface area contributed by atoms with Crippen LogP contribution in [0.1, 0.15) is 12.5 Å². The van der Waals surface area contributed by atoms with Crippen molar-refractivity contribution in [3.8, 4) is 17.2 Å². The zero-order valence-corrected chi connectivity index (χ0v) is 13.0. The Hall–Kier alpha value is -3.09. The van der Waals surface area contributed by atoms with Gasteiger partial charge in [0, 0.05) is 17.7 Å². The Labute approximate surface area is 138 Å². The number of ether oxygens (including phenoxy) is 2. The predicted octanol–water partition coefficient (Wildman–Crippen LogP) is 2.46. The molecular weight excluding hydrogens is 315 g/mol. The minimum Gasteiger partial charge on any atom is -0.507 e. The van der Waals surface area contributed by atoms with E-state index < -0.39 is 11.7 Å². The van der Waals surface area contributed by atoms with E-state index >= 15 is 0 Å². The first-order valence-corrected chi connectivity index (χ1v) is 7.24. The maximum absolute atomic E-state index is 13.0. The van der Waals surface area contributed by atoms with E-state index in [-0.39, 0.29) is 18.1 Å². The predicted molar refractivity (Wildman–Crippen MR) is 86.9 cm³/mol. The van der Waals surface area contributed by atoms with Crippen LogP contribution in [0.25, 0.3) is 0 Å². The van der Waals surface area contributed by atoms with Gasteiger partial charge in [-0.2, -0.15) is 5.10 Å². The summed E-state index contributed by atoms with van der Waals surface area (Å²) in [5.74, 6) is -0.189. The Morgan fingerprint density at radius 2 is 2.04 bits per heavy atom. The van der Waals surface area contributed by atoms with E-state index in [1.54, 1.807) is 12.1 Å². The molecule has 0 fully saturated rings. The van der Waals surface area contributed by atoms with Gasteiger partial charge < -0.3 is 14.6 Å². The number of hydrogen-bond acceptors (Lipinski definition) is 5. The number of rotatable bonds is 7. The van der Waals surface area contributed by atoms with Crippen LogP contribution in [0.15, 0.2) is 47.6 Å². The van der Waals surface area contributed by atoms with Crippen molar-refractivity contribution in [1.29, 1.82) is 0 Å². The molecule has 0 heterocycles. The van der Waals surface area contributed by atoms with E-state index in [1.165, 1.54) is 36.5 Å². The van der Waals surface area contributed by atoms with E-state index in [4.69, 9.17) is 9.47 Å². The fraction of sp³-hybridized carbons (Fsp3) is 0.176. The highest BCUT2D eigenvalue weighted by Crippen LogP contribution is 2.22. The fourth-order valence-electron chi connectivity index (χ4n) is 1.80. The molecular formula is C17H17FN2O4. The van der Waals surface area contributed by atoms with Gasteiger partial charge in [0.15, 0.2) is 6.61 Å². The number of nitrogens with zero attached hydrogens (tertiary/aromatic N) is 1. The zero-order valence-electron chi connectivity index (χ0n) is 13.0. The molecule has 126 valence electrons. The van der Waals surface area contributed by atoms with Crippen molar-refractivity contribution in [2.75, 3.05) is 13.2 Å². The van der Waals surface area contributed by atoms with Crippen molar-refractivity contribution < 1.29 is 23.8 Å². The van der Waals surface area contributed by atoms with Crippen molar-refractivity contribution in [3.63, 3.8) is 0 Å². The molecule has 24 heavy (non-hydrogen) atoms. The molecule has 0 spiro atoms. The summed E-state index contributed by atoms with van der Waals surface area (Å²) in [4.78, 5) is 11.6. The number of carbonyl (C=O) groups excluding carboxylic acids is 1. The van der Waals surface area contributed by atoms with Crippen LogP contribution in [0.3, 0.4) is 0 Å². The topological polar surface area (TPSA) is 80.2 Å². The lowest BCUT2D eigenvalue weighted by atomic mass is 10.2. The molecule has 0 saturated heterocycles. The normalized spacial score (nSPS) is 10.6. The second kappa shape index (κ2) is 8.52. The third kappa shape index (κ3) is 5.28. The van der Waals surface area contributed by atoms with Crippen LogP contribution in [0.4, 0.5) is 4.39 Å². The molecule has 2 N–H and O–H groups in total. The number of nitrogens with one attached hydrogen (secondary N) is 1. The van der Waals surface area contributed by atoms with Gasteiger partial charge in [-0.1, -0.05) is 6.07 Å². The lowest BCUT2D eigenvalue weighted by Crippen LogP contribution is -2.24. The summed E-state index contributed by atoms with van der Waals surface area (Å²) in [7, 11) is 0. The summed E-state index contributed by atoms with van der Waals surface area (Å²) in [5, 5.41) is 13.5. The van der Waals surface area contributed by atoms with Crippen LogP contribution in [0.5, 0.6) is 17.2 Å². The molecule has 0 aliphatic rings. The van der Waals surface area contributed by atoms with Crippen molar-refractivity contribution >= 4 is 12.1 Å². The molecule has 6 nitrogen and oxygen atoms in total. The molecule has 1 amide bonds. The van der Waals surface area contributed by atoms with Gasteiger partial charge in [-0.3, -0.25) is 4.79 Å². The van der Waals surface area contributed by atoms with Crippen molar-refractivity contribution in [2.45, 2.75) is 6.92 Å². The van der Waals surface area contributed by atoms with Gasteiger partial charge >= 0.3 is 0 Å². The number of halogens is 1. The highest BCUT2D eigenvalue weighted by atomic mass is 19.1. The van der Waals surface area contributed by atoms with Gasteiger partial charge in [-0.05, 0) is 31.2 Å². The minimum atomic E-state index is -0.513. The Bertz CT molecular complexity index is 734. The second-order valence-electron chi connectivity index (χ2n) is 4.69. The monoisotopic (exact) mass is 332 g/mol. The third-order valence-electron chi connectivity index (χ3n) is 2.87. The van der Waals surface area contributed by atoms with Gasteiger partial charge in [-0.25, -0.2) is 9.82 Å². The Kier molecular flexibility index (Phi) is 6.13. The Balaban J connectivity index is 1.83. The first-order chi connectivity index (χ1) is 11.6. The summed E-state index contributed by atoms with van der Waals surface area (Å²) in [6.45, 7) is 2.03. The summed E-state index contributed by atoms with van der Waals surface area (Å²) in [5.41, 5.74) is 2.67. The Morgan fingerprint density at radius 3 is 2.75 bits per heavy atom. The van der Waals surface area contributed by atoms with Crippen molar-refractivity contribution in [2.24, 2.45) is 5.10 Å². The minimum absolute atomic E-state index is 0.0186. The maximum Gasteiger partial charge on any atom is 0.277 e. The van der Waals surface area contributed by atoms with E-state index in [2.05, 4.69) is 10.5 Å². The van der Waals surface area contributed by atoms with Crippen LogP contribution in [-0.4, -0.2) is 30.4 Å². The average Bonchev–Trinajstić information content (AvgIpc) is 2.55. The van der Waals surface area contributed by atoms with Gasteiger partial charge in [0.1, 0.15) is 23.1 Å². The summed E-state index contributed by atoms with van der Waals surface area (Å²) in [6, 6.07) is 10.2.